The molecule has 64 heavy (non-hydrogen) atoms. The predicted octanol–water partition coefficient (Wildman–Crippen LogP) is 6.58. The number of nitrogens with zero attached hydrogens (tertiary/aromatic N) is 3. The number of H-pyrrole nitrogens is 1. The van der Waals surface area contributed by atoms with Gasteiger partial charge < -0.3 is 33.9 Å². The SMILES string of the molecule is CCC1=C[C@@H]2CN(C1)Cc1c([nH]c3ccccc13)[C@@](C(=O)OC)(c1cc3c(cc1OC)N(C)[C@H]1[C@@](O)(COC(=O)c4ccccc4F)[C@H](OC(C)=O)[C@]4(CC)C=CCN5CC[C@]31[C@@H]54)C2. The van der Waals surface area contributed by atoms with E-state index in [4.69, 9.17) is 18.9 Å². The third-order valence-electron chi connectivity index (χ3n) is 15.9. The second-order valence-corrected chi connectivity index (χ2v) is 18.9. The van der Waals surface area contributed by atoms with Crippen molar-refractivity contribution in [1.82, 2.24) is 14.8 Å². The highest BCUT2D eigenvalue weighted by Crippen LogP contribution is 2.68. The van der Waals surface area contributed by atoms with Crippen LogP contribution in [-0.2, 0) is 41.2 Å². The highest BCUT2D eigenvalue weighted by atomic mass is 19.1. The van der Waals surface area contributed by atoms with E-state index in [1.54, 1.807) is 13.2 Å². The molecule has 1 saturated heterocycles. The summed E-state index contributed by atoms with van der Waals surface area (Å²) in [6, 6.07) is 16.8. The van der Waals surface area contributed by atoms with Gasteiger partial charge in [0.15, 0.2) is 5.60 Å². The number of likely N-dealkylation sites (N-methyl/N-ethyl adjacent to an activating group) is 1. The number of hydrogen-bond donors (Lipinski definition) is 2. The molecule has 6 aliphatic rings. The Morgan fingerprint density at radius 1 is 1.00 bits per heavy atom. The Balaban J connectivity index is 1.23. The van der Waals surface area contributed by atoms with Crippen molar-refractivity contribution in [2.75, 3.05) is 59.0 Å². The van der Waals surface area contributed by atoms with E-state index in [-0.39, 0.29) is 17.5 Å². The summed E-state index contributed by atoms with van der Waals surface area (Å²) in [4.78, 5) is 53.0. The molecule has 1 spiro atoms. The summed E-state index contributed by atoms with van der Waals surface area (Å²) < 4.78 is 39.7. The number of carbonyl (C=O) groups excluding carboxylic acids is 3. The number of nitrogens with one attached hydrogen (secondary N) is 1. The van der Waals surface area contributed by atoms with E-state index < -0.39 is 64.3 Å². The molecule has 12 nitrogen and oxygen atoms in total. The summed E-state index contributed by atoms with van der Waals surface area (Å²) in [7, 11) is 4.97. The lowest BCUT2D eigenvalue weighted by molar-refractivity contribution is -0.228. The Labute approximate surface area is 373 Å². The fraction of sp³-hybridized carbons (Fsp3) is 0.471. The van der Waals surface area contributed by atoms with Crippen LogP contribution in [-0.4, -0.2) is 116 Å². The molecule has 2 bridgehead atoms. The average molecular weight is 873 g/mol. The van der Waals surface area contributed by atoms with E-state index in [2.05, 4.69) is 52.1 Å². The molecular weight excluding hydrogens is 816 g/mol. The highest BCUT2D eigenvalue weighted by Gasteiger charge is 2.78. The molecule has 336 valence electrons. The van der Waals surface area contributed by atoms with Gasteiger partial charge in [0, 0.05) is 90.9 Å². The van der Waals surface area contributed by atoms with Gasteiger partial charge in [0.05, 0.1) is 25.8 Å². The van der Waals surface area contributed by atoms with Crippen molar-refractivity contribution in [3.63, 3.8) is 0 Å². The molecule has 9 atom stereocenters. The van der Waals surface area contributed by atoms with Gasteiger partial charge in [-0.15, -0.1) is 0 Å². The van der Waals surface area contributed by atoms with E-state index in [1.165, 1.54) is 37.8 Å². The van der Waals surface area contributed by atoms with Gasteiger partial charge in [-0.05, 0) is 73.5 Å². The second kappa shape index (κ2) is 15.3. The zero-order valence-electron chi connectivity index (χ0n) is 37.4. The molecule has 3 aromatic carbocycles. The molecule has 1 aliphatic carbocycles. The second-order valence-electron chi connectivity index (χ2n) is 18.9. The summed E-state index contributed by atoms with van der Waals surface area (Å²) in [5.74, 6) is -2.20. The lowest BCUT2D eigenvalue weighted by atomic mass is 9.47. The maximum Gasteiger partial charge on any atom is 0.341 e. The minimum atomic E-state index is -2.03. The Kier molecular flexibility index (Phi) is 10.2. The fourth-order valence-corrected chi connectivity index (χ4v) is 13.7. The van der Waals surface area contributed by atoms with Crippen LogP contribution < -0.4 is 9.64 Å². The Morgan fingerprint density at radius 2 is 1.78 bits per heavy atom. The Hall–Kier alpha value is -5.50. The number of halogens is 1. The van der Waals surface area contributed by atoms with E-state index in [9.17, 15) is 14.7 Å². The van der Waals surface area contributed by atoms with Gasteiger partial charge in [0.1, 0.15) is 29.7 Å². The molecule has 4 aromatic rings. The molecule has 2 N–H and O–H groups in total. The van der Waals surface area contributed by atoms with Gasteiger partial charge in [0.2, 0.25) is 0 Å². The number of benzene rings is 3. The molecule has 5 aliphatic heterocycles. The molecule has 6 heterocycles. The van der Waals surface area contributed by atoms with E-state index >= 15 is 9.18 Å². The summed E-state index contributed by atoms with van der Waals surface area (Å²) >= 11 is 0. The predicted molar refractivity (Wildman–Crippen MR) is 239 cm³/mol. The van der Waals surface area contributed by atoms with Crippen molar-refractivity contribution in [2.24, 2.45) is 11.3 Å². The number of aliphatic hydroxyl groups is 1. The third-order valence-corrected chi connectivity index (χ3v) is 15.9. The monoisotopic (exact) mass is 872 g/mol. The standard InChI is InChI=1S/C51H57FN4O8/c1-7-31-22-32-25-50(47(59)62-6,42-35(28-55(26-31)27-32)33-14-10-12-17-39(33)53-42)37-23-36-40(24-41(37)61-5)54(4)45-49(36)19-21-56-20-13-18-48(8-2,44(49)56)46(64-30(3)57)51(45,60)29-63-43(58)34-15-9-11-16-38(34)52/h9-18,22-24,32,44-46,53,60H,7-8,19-21,25-29H2,1-6H3/t32-,44-,45+,46+,48+,49+,50-,51-/m0/s1. The van der Waals surface area contributed by atoms with Gasteiger partial charge in [-0.25, -0.2) is 9.18 Å². The van der Waals surface area contributed by atoms with Crippen LogP contribution in [0.25, 0.3) is 10.9 Å². The average Bonchev–Trinajstić information content (AvgIpc) is 3.95. The zero-order valence-corrected chi connectivity index (χ0v) is 37.4. The van der Waals surface area contributed by atoms with Crippen LogP contribution in [0.15, 0.2) is 84.5 Å². The molecule has 13 heteroatoms. The van der Waals surface area contributed by atoms with Crippen LogP contribution in [0.2, 0.25) is 0 Å². The lowest BCUT2D eigenvalue weighted by Crippen LogP contribution is -2.80. The van der Waals surface area contributed by atoms with E-state index in [0.29, 0.717) is 50.2 Å². The third kappa shape index (κ3) is 5.78. The summed E-state index contributed by atoms with van der Waals surface area (Å²) in [5.41, 5.74) is 0.900. The first-order valence-corrected chi connectivity index (χ1v) is 22.6. The normalized spacial score (nSPS) is 32.3. The molecule has 0 radical (unpaired) electrons. The summed E-state index contributed by atoms with van der Waals surface area (Å²) in [5, 5.41) is 14.8. The minimum Gasteiger partial charge on any atom is -0.496 e. The molecule has 1 unspecified atom stereocenters. The minimum absolute atomic E-state index is 0.000463. The van der Waals surface area contributed by atoms with Crippen molar-refractivity contribution in [3.05, 3.63) is 118 Å². The number of ether oxygens (including phenoxy) is 4. The first kappa shape index (κ1) is 42.5. The van der Waals surface area contributed by atoms with Gasteiger partial charge >= 0.3 is 17.9 Å². The van der Waals surface area contributed by atoms with Gasteiger partial charge in [-0.1, -0.05) is 68.0 Å². The summed E-state index contributed by atoms with van der Waals surface area (Å²) in [6.45, 7) is 8.50. The van der Waals surface area contributed by atoms with Crippen LogP contribution >= 0.6 is 0 Å². The first-order valence-electron chi connectivity index (χ1n) is 22.6. The van der Waals surface area contributed by atoms with E-state index in [1.807, 2.05) is 43.1 Å². The number of esters is 3. The van der Waals surface area contributed by atoms with Crippen LogP contribution in [0.3, 0.4) is 0 Å². The molecular formula is C51H57FN4O8. The van der Waals surface area contributed by atoms with Crippen LogP contribution in [0.4, 0.5) is 10.1 Å². The van der Waals surface area contributed by atoms with Gasteiger partial charge in [-0.3, -0.25) is 19.4 Å². The maximum atomic E-state index is 15.3. The maximum absolute atomic E-state index is 15.3. The number of para-hydroxylation sites is 1. The summed E-state index contributed by atoms with van der Waals surface area (Å²) in [6.07, 6.45) is 7.70. The smallest absolute Gasteiger partial charge is 0.341 e. The highest BCUT2D eigenvalue weighted by molar-refractivity contribution is 5.94. The van der Waals surface area contributed by atoms with Crippen LogP contribution in [0.5, 0.6) is 5.75 Å². The van der Waals surface area contributed by atoms with Crippen molar-refractivity contribution in [2.45, 2.75) is 87.6 Å². The topological polar surface area (TPSA) is 134 Å². The number of rotatable bonds is 9. The number of fused-ring (bicyclic) bond motifs is 6. The van der Waals surface area contributed by atoms with Crippen molar-refractivity contribution >= 4 is 34.5 Å². The molecule has 1 aromatic heterocycles. The van der Waals surface area contributed by atoms with Crippen molar-refractivity contribution < 1.29 is 42.8 Å². The quantitative estimate of drug-likeness (QED) is 0.107. The van der Waals surface area contributed by atoms with Crippen LogP contribution in [0, 0.1) is 17.2 Å². The lowest BCUT2D eigenvalue weighted by Gasteiger charge is -2.64. The first-order chi connectivity index (χ1) is 30.8. The molecule has 0 amide bonds. The number of carbonyl (C=O) groups is 3. The molecule has 10 rings (SSSR count). The van der Waals surface area contributed by atoms with E-state index in [0.717, 1.165) is 52.9 Å². The number of hydrogen-bond acceptors (Lipinski definition) is 11. The number of anilines is 1. The number of aromatic amines is 1. The molecule has 1 saturated carbocycles. The largest absolute Gasteiger partial charge is 0.496 e. The zero-order chi connectivity index (χ0) is 44.9. The molecule has 2 fully saturated rings. The van der Waals surface area contributed by atoms with Crippen molar-refractivity contribution in [1.29, 1.82) is 0 Å². The fourth-order valence-electron chi connectivity index (χ4n) is 13.7. The van der Waals surface area contributed by atoms with Gasteiger partial charge in [-0.2, -0.15) is 0 Å². The number of methoxy groups -OCH3 is 2. The van der Waals surface area contributed by atoms with Crippen molar-refractivity contribution in [3.8, 4) is 5.75 Å². The Bertz CT molecular complexity index is 2640. The Morgan fingerprint density at radius 3 is 2.52 bits per heavy atom. The van der Waals surface area contributed by atoms with Crippen LogP contribution in [0.1, 0.15) is 79.2 Å². The van der Waals surface area contributed by atoms with Gasteiger partial charge in [0.25, 0.3) is 0 Å². The number of aromatic nitrogens is 1.